The summed E-state index contributed by atoms with van der Waals surface area (Å²) in [6.07, 6.45) is 1.68. The molecule has 0 aliphatic heterocycles. The van der Waals surface area contributed by atoms with Crippen molar-refractivity contribution in [1.82, 2.24) is 4.90 Å². The molecule has 1 aromatic heterocycles. The molecule has 1 aromatic carbocycles. The second kappa shape index (κ2) is 7.96. The Morgan fingerprint density at radius 1 is 1.32 bits per heavy atom. The van der Waals surface area contributed by atoms with Gasteiger partial charge in [0.2, 0.25) is 0 Å². The summed E-state index contributed by atoms with van der Waals surface area (Å²) in [6.45, 7) is 5.41. The molecule has 0 spiro atoms. The minimum Gasteiger partial charge on any atom is -0.467 e. The first-order chi connectivity index (χ1) is 10.6. The van der Waals surface area contributed by atoms with E-state index in [4.69, 9.17) is 21.4 Å². The van der Waals surface area contributed by atoms with Gasteiger partial charge in [0.1, 0.15) is 5.76 Å². The number of para-hydroxylation sites is 1. The number of methoxy groups -OCH3 is 1. The maximum atomic E-state index is 5.60. The first-order valence-electron chi connectivity index (χ1n) is 7.29. The molecule has 22 heavy (non-hydrogen) atoms. The predicted octanol–water partition coefficient (Wildman–Crippen LogP) is 3.99. The topological polar surface area (TPSA) is 37.6 Å². The van der Waals surface area contributed by atoms with Crippen molar-refractivity contribution in [3.8, 4) is 0 Å². The maximum absolute atomic E-state index is 5.60. The molecule has 0 fully saturated rings. The van der Waals surface area contributed by atoms with Gasteiger partial charge in [-0.1, -0.05) is 18.2 Å². The Bertz CT molecular complexity index is 598. The summed E-state index contributed by atoms with van der Waals surface area (Å²) in [5.74, 6) is 0.880. The summed E-state index contributed by atoms with van der Waals surface area (Å²) in [5, 5.41) is 3.98. The van der Waals surface area contributed by atoms with Crippen LogP contribution in [0.25, 0.3) is 0 Å². The van der Waals surface area contributed by atoms with Crippen LogP contribution in [0.4, 0.5) is 5.69 Å². The summed E-state index contributed by atoms with van der Waals surface area (Å²) >= 11 is 5.60. The van der Waals surface area contributed by atoms with E-state index in [9.17, 15) is 0 Å². The van der Waals surface area contributed by atoms with Gasteiger partial charge in [-0.2, -0.15) is 0 Å². The zero-order valence-electron chi connectivity index (χ0n) is 13.2. The quantitative estimate of drug-likeness (QED) is 0.815. The lowest BCUT2D eigenvalue weighted by molar-refractivity contribution is 0.160. The number of ether oxygens (including phenoxy) is 1. The van der Waals surface area contributed by atoms with E-state index >= 15 is 0 Å². The molecule has 0 aliphatic carbocycles. The second-order valence-corrected chi connectivity index (χ2v) is 5.51. The lowest BCUT2D eigenvalue weighted by Crippen LogP contribution is -2.39. The smallest absolute Gasteiger partial charge is 0.174 e. The number of hydrogen-bond donors (Lipinski definition) is 1. The van der Waals surface area contributed by atoms with Crippen molar-refractivity contribution in [1.29, 1.82) is 0 Å². The van der Waals surface area contributed by atoms with E-state index in [1.165, 1.54) is 0 Å². The molecule has 1 atom stereocenters. The average molecular weight is 318 g/mol. The Morgan fingerprint density at radius 3 is 2.73 bits per heavy atom. The Balaban J connectivity index is 2.14. The number of aryl methyl sites for hydroxylation is 1. The molecule has 0 radical (unpaired) electrons. The molecule has 2 aromatic rings. The summed E-state index contributed by atoms with van der Waals surface area (Å²) in [4.78, 5) is 2.07. The molecule has 0 unspecified atom stereocenters. The van der Waals surface area contributed by atoms with E-state index < -0.39 is 0 Å². The van der Waals surface area contributed by atoms with E-state index in [1.807, 2.05) is 30.3 Å². The van der Waals surface area contributed by atoms with Crippen molar-refractivity contribution >= 4 is 23.0 Å². The third kappa shape index (κ3) is 4.08. The van der Waals surface area contributed by atoms with Gasteiger partial charge in [-0.15, -0.1) is 0 Å². The molecular weight excluding hydrogens is 296 g/mol. The van der Waals surface area contributed by atoms with Crippen LogP contribution < -0.4 is 5.32 Å². The third-order valence-electron chi connectivity index (χ3n) is 3.61. The number of thiocarbonyl (C=S) groups is 1. The van der Waals surface area contributed by atoms with Gasteiger partial charge in [-0.25, -0.2) is 0 Å². The molecule has 0 saturated heterocycles. The van der Waals surface area contributed by atoms with Gasteiger partial charge in [-0.3, -0.25) is 0 Å². The Kier molecular flexibility index (Phi) is 5.98. The Hall–Kier alpha value is -1.85. The fraction of sp³-hybridized carbons (Fsp3) is 0.353. The highest BCUT2D eigenvalue weighted by atomic mass is 32.1. The number of nitrogens with one attached hydrogen (secondary N) is 1. The fourth-order valence-corrected chi connectivity index (χ4v) is 2.60. The van der Waals surface area contributed by atoms with Crippen LogP contribution in [0.3, 0.4) is 0 Å². The van der Waals surface area contributed by atoms with Crippen LogP contribution in [0, 0.1) is 6.92 Å². The van der Waals surface area contributed by atoms with Gasteiger partial charge in [-0.05, 0) is 49.8 Å². The molecule has 118 valence electrons. The van der Waals surface area contributed by atoms with Gasteiger partial charge in [0, 0.05) is 19.3 Å². The van der Waals surface area contributed by atoms with E-state index in [1.54, 1.807) is 13.4 Å². The number of furan rings is 1. The van der Waals surface area contributed by atoms with Gasteiger partial charge < -0.3 is 19.4 Å². The Morgan fingerprint density at radius 2 is 2.09 bits per heavy atom. The van der Waals surface area contributed by atoms with Crippen molar-refractivity contribution < 1.29 is 9.15 Å². The zero-order valence-corrected chi connectivity index (χ0v) is 14.0. The van der Waals surface area contributed by atoms with Crippen LogP contribution >= 0.6 is 12.2 Å². The van der Waals surface area contributed by atoms with Gasteiger partial charge in [0.25, 0.3) is 0 Å². The highest BCUT2D eigenvalue weighted by Crippen LogP contribution is 2.22. The number of rotatable bonds is 6. The highest BCUT2D eigenvalue weighted by Gasteiger charge is 2.21. The first kappa shape index (κ1) is 16.5. The van der Waals surface area contributed by atoms with E-state index in [0.29, 0.717) is 18.3 Å². The van der Waals surface area contributed by atoms with Gasteiger partial charge in [0.05, 0.1) is 18.9 Å². The molecule has 0 amide bonds. The lowest BCUT2D eigenvalue weighted by Gasteiger charge is -2.30. The normalized spacial score (nSPS) is 12.0. The molecule has 4 nitrogen and oxygen atoms in total. The van der Waals surface area contributed by atoms with Gasteiger partial charge in [0.15, 0.2) is 5.11 Å². The average Bonchev–Trinajstić information content (AvgIpc) is 3.04. The maximum Gasteiger partial charge on any atom is 0.174 e. The van der Waals surface area contributed by atoms with E-state index in [2.05, 4.69) is 30.1 Å². The SMILES string of the molecule is COCCN(C(=S)Nc1ccccc1C)[C@@H](C)c1ccco1. The molecule has 1 N–H and O–H groups in total. The van der Waals surface area contributed by atoms with Crippen molar-refractivity contribution in [2.45, 2.75) is 19.9 Å². The lowest BCUT2D eigenvalue weighted by atomic mass is 10.2. The highest BCUT2D eigenvalue weighted by molar-refractivity contribution is 7.80. The molecule has 0 bridgehead atoms. The summed E-state index contributed by atoms with van der Waals surface area (Å²) in [7, 11) is 1.69. The predicted molar refractivity (Wildman–Crippen MR) is 93.1 cm³/mol. The molecule has 1 heterocycles. The number of nitrogens with zero attached hydrogens (tertiary/aromatic N) is 1. The van der Waals surface area contributed by atoms with E-state index in [-0.39, 0.29) is 6.04 Å². The summed E-state index contributed by atoms with van der Waals surface area (Å²) < 4.78 is 10.7. The first-order valence-corrected chi connectivity index (χ1v) is 7.70. The molecular formula is C17H22N2O2S. The van der Waals surface area contributed by atoms with Crippen molar-refractivity contribution in [2.24, 2.45) is 0 Å². The largest absolute Gasteiger partial charge is 0.467 e. The summed E-state index contributed by atoms with van der Waals surface area (Å²) in [5.41, 5.74) is 2.17. The molecule has 0 aliphatic rings. The fourth-order valence-electron chi connectivity index (χ4n) is 2.24. The van der Waals surface area contributed by atoms with Crippen LogP contribution in [-0.2, 0) is 4.74 Å². The standard InChI is InChI=1S/C17H22N2O2S/c1-13-7-4-5-8-15(13)18-17(22)19(10-12-20-3)14(2)16-9-6-11-21-16/h4-9,11,14H,10,12H2,1-3H3,(H,18,22)/t14-/m0/s1. The van der Waals surface area contributed by atoms with Crippen LogP contribution in [0.1, 0.15) is 24.3 Å². The van der Waals surface area contributed by atoms with Crippen LogP contribution in [-0.4, -0.2) is 30.3 Å². The van der Waals surface area contributed by atoms with Crippen LogP contribution in [0.15, 0.2) is 47.1 Å². The minimum absolute atomic E-state index is 0.0363. The molecule has 5 heteroatoms. The van der Waals surface area contributed by atoms with Crippen molar-refractivity contribution in [3.63, 3.8) is 0 Å². The van der Waals surface area contributed by atoms with Gasteiger partial charge >= 0.3 is 0 Å². The Labute approximate surface area is 137 Å². The van der Waals surface area contributed by atoms with Crippen LogP contribution in [0.2, 0.25) is 0 Å². The molecule has 2 rings (SSSR count). The third-order valence-corrected chi connectivity index (χ3v) is 3.94. The second-order valence-electron chi connectivity index (χ2n) is 5.12. The number of anilines is 1. The summed E-state index contributed by atoms with van der Waals surface area (Å²) in [6, 6.07) is 12.0. The number of benzene rings is 1. The van der Waals surface area contributed by atoms with Crippen molar-refractivity contribution in [3.05, 3.63) is 54.0 Å². The number of hydrogen-bond acceptors (Lipinski definition) is 3. The monoisotopic (exact) mass is 318 g/mol. The van der Waals surface area contributed by atoms with Crippen molar-refractivity contribution in [2.75, 3.05) is 25.6 Å². The van der Waals surface area contributed by atoms with E-state index in [0.717, 1.165) is 17.0 Å². The zero-order chi connectivity index (χ0) is 15.9. The minimum atomic E-state index is 0.0363. The van der Waals surface area contributed by atoms with Crippen LogP contribution in [0.5, 0.6) is 0 Å². The molecule has 0 saturated carbocycles.